The minimum Gasteiger partial charge on any atom is -0.463 e. The number of esters is 1. The van der Waals surface area contributed by atoms with Crippen molar-refractivity contribution in [1.29, 1.82) is 0 Å². The van der Waals surface area contributed by atoms with Crippen LogP contribution in [0.4, 0.5) is 0 Å². The molecule has 0 saturated heterocycles. The molecule has 0 N–H and O–H groups in total. The molecular weight excluding hydrogens is 380 g/mol. The van der Waals surface area contributed by atoms with Gasteiger partial charge in [-0.2, -0.15) is 0 Å². The quantitative estimate of drug-likeness (QED) is 0.111. The lowest BCUT2D eigenvalue weighted by Gasteiger charge is -2.18. The number of rotatable bonds is 24. The van der Waals surface area contributed by atoms with E-state index in [0.29, 0.717) is 0 Å². The van der Waals surface area contributed by atoms with Crippen LogP contribution in [0.5, 0.6) is 0 Å². The fraction of sp³-hybridized carbons (Fsp3) is 0.966. The fourth-order valence-electron chi connectivity index (χ4n) is 4.46. The summed E-state index contributed by atoms with van der Waals surface area (Å²) in [5.74, 6) is 0.187. The summed E-state index contributed by atoms with van der Waals surface area (Å²) in [6.07, 6.45) is 29.1. The molecule has 1 unspecified atom stereocenters. The van der Waals surface area contributed by atoms with Crippen molar-refractivity contribution in [3.05, 3.63) is 0 Å². The van der Waals surface area contributed by atoms with Gasteiger partial charge in [-0.3, -0.25) is 4.79 Å². The first kappa shape index (κ1) is 30.5. The van der Waals surface area contributed by atoms with E-state index < -0.39 is 0 Å². The highest BCUT2D eigenvalue weighted by Gasteiger charge is 2.20. The van der Waals surface area contributed by atoms with Gasteiger partial charge in [0.25, 0.3) is 0 Å². The van der Waals surface area contributed by atoms with Crippen LogP contribution >= 0.6 is 0 Å². The van der Waals surface area contributed by atoms with Crippen LogP contribution in [0.1, 0.15) is 169 Å². The minimum absolute atomic E-state index is 0.00976. The van der Waals surface area contributed by atoms with Gasteiger partial charge in [-0.1, -0.05) is 142 Å². The maximum Gasteiger partial charge on any atom is 0.309 e. The van der Waals surface area contributed by atoms with E-state index in [1.54, 1.807) is 0 Å². The van der Waals surface area contributed by atoms with Crippen LogP contribution in [0, 0.1) is 5.92 Å². The summed E-state index contributed by atoms with van der Waals surface area (Å²) in [7, 11) is 0. The number of hydrogen-bond acceptors (Lipinski definition) is 2. The predicted octanol–water partition coefficient (Wildman–Crippen LogP) is 10.2. The van der Waals surface area contributed by atoms with Gasteiger partial charge < -0.3 is 4.74 Å². The van der Waals surface area contributed by atoms with Gasteiger partial charge in [0, 0.05) is 0 Å². The van der Waals surface area contributed by atoms with E-state index in [4.69, 9.17) is 4.74 Å². The molecule has 0 fully saturated rings. The van der Waals surface area contributed by atoms with Crippen molar-refractivity contribution < 1.29 is 9.53 Å². The number of unbranched alkanes of at least 4 members (excludes halogenated alkanes) is 18. The largest absolute Gasteiger partial charge is 0.463 e. The molecule has 0 saturated carbocycles. The van der Waals surface area contributed by atoms with E-state index >= 15 is 0 Å². The lowest BCUT2D eigenvalue weighted by molar-refractivity contribution is -0.153. The van der Waals surface area contributed by atoms with Gasteiger partial charge in [-0.15, -0.1) is 0 Å². The Morgan fingerprint density at radius 2 is 0.806 bits per heavy atom. The van der Waals surface area contributed by atoms with Crippen molar-refractivity contribution >= 4 is 5.97 Å². The highest BCUT2D eigenvalue weighted by Crippen LogP contribution is 2.21. The molecule has 2 nitrogen and oxygen atoms in total. The van der Waals surface area contributed by atoms with Gasteiger partial charge in [0.1, 0.15) is 0 Å². The Labute approximate surface area is 196 Å². The molecule has 0 aromatic rings. The summed E-state index contributed by atoms with van der Waals surface area (Å²) in [5.41, 5.74) is 0. The van der Waals surface area contributed by atoms with Crippen LogP contribution in [0.25, 0.3) is 0 Å². The van der Waals surface area contributed by atoms with Crippen LogP contribution < -0.4 is 0 Å². The molecule has 1 atom stereocenters. The third-order valence-electron chi connectivity index (χ3n) is 6.50. The second kappa shape index (κ2) is 24.1. The highest BCUT2D eigenvalue weighted by atomic mass is 16.5. The molecule has 0 radical (unpaired) electrons. The Hall–Kier alpha value is -0.530. The normalized spacial score (nSPS) is 12.4. The van der Waals surface area contributed by atoms with Crippen molar-refractivity contribution in [2.75, 3.05) is 0 Å². The lowest BCUT2D eigenvalue weighted by atomic mass is 9.94. The molecule has 0 aromatic carbocycles. The third-order valence-corrected chi connectivity index (χ3v) is 6.50. The molecule has 186 valence electrons. The van der Waals surface area contributed by atoms with E-state index in [0.717, 1.165) is 12.8 Å². The molecular formula is C29H58O2. The summed E-state index contributed by atoms with van der Waals surface area (Å²) in [4.78, 5) is 12.5. The SMILES string of the molecule is CCCCCCCCCCCCCCC(CCCCCCCCCC)C(=O)OC(C)C. The van der Waals surface area contributed by atoms with Gasteiger partial charge in [0.2, 0.25) is 0 Å². The number of ether oxygens (including phenoxy) is 1. The van der Waals surface area contributed by atoms with Crippen molar-refractivity contribution in [3.63, 3.8) is 0 Å². The van der Waals surface area contributed by atoms with Crippen LogP contribution in [0.3, 0.4) is 0 Å². The topological polar surface area (TPSA) is 26.3 Å². The van der Waals surface area contributed by atoms with Crippen LogP contribution in [-0.4, -0.2) is 12.1 Å². The average Bonchev–Trinajstić information content (AvgIpc) is 2.74. The summed E-state index contributed by atoms with van der Waals surface area (Å²) in [6, 6.07) is 0. The summed E-state index contributed by atoms with van der Waals surface area (Å²) >= 11 is 0. The second-order valence-electron chi connectivity index (χ2n) is 10.1. The Morgan fingerprint density at radius 1 is 0.516 bits per heavy atom. The maximum atomic E-state index is 12.5. The smallest absolute Gasteiger partial charge is 0.309 e. The zero-order chi connectivity index (χ0) is 23.0. The van der Waals surface area contributed by atoms with Gasteiger partial charge in [0.05, 0.1) is 12.0 Å². The van der Waals surface area contributed by atoms with Gasteiger partial charge in [0.15, 0.2) is 0 Å². The van der Waals surface area contributed by atoms with Gasteiger partial charge in [-0.05, 0) is 26.7 Å². The Balaban J connectivity index is 3.79. The molecule has 0 spiro atoms. The first-order chi connectivity index (χ1) is 15.1. The molecule has 0 aliphatic carbocycles. The van der Waals surface area contributed by atoms with Crippen molar-refractivity contribution in [1.82, 2.24) is 0 Å². The maximum absolute atomic E-state index is 12.5. The van der Waals surface area contributed by atoms with Crippen LogP contribution in [0.15, 0.2) is 0 Å². The summed E-state index contributed by atoms with van der Waals surface area (Å²) in [5, 5.41) is 0. The van der Waals surface area contributed by atoms with Gasteiger partial charge in [-0.25, -0.2) is 0 Å². The molecule has 0 aliphatic heterocycles. The first-order valence-electron chi connectivity index (χ1n) is 14.3. The predicted molar refractivity (Wildman–Crippen MR) is 138 cm³/mol. The van der Waals surface area contributed by atoms with E-state index in [-0.39, 0.29) is 18.0 Å². The molecule has 0 aromatic heterocycles. The van der Waals surface area contributed by atoms with E-state index in [9.17, 15) is 4.79 Å². The van der Waals surface area contributed by atoms with Gasteiger partial charge >= 0.3 is 5.97 Å². The molecule has 0 aliphatic rings. The number of carbonyl (C=O) groups is 1. The molecule has 0 rings (SSSR count). The van der Waals surface area contributed by atoms with Crippen molar-refractivity contribution in [3.8, 4) is 0 Å². The van der Waals surface area contributed by atoms with Crippen LogP contribution in [-0.2, 0) is 9.53 Å². The second-order valence-corrected chi connectivity index (χ2v) is 10.1. The standard InChI is InChI=1S/C29H58O2/c1-5-7-9-11-13-15-16-17-18-20-22-24-26-28(29(30)31-27(3)4)25-23-21-19-14-12-10-8-6-2/h27-28H,5-26H2,1-4H3. The monoisotopic (exact) mass is 438 g/mol. The zero-order valence-corrected chi connectivity index (χ0v) is 22.0. The van der Waals surface area contributed by atoms with Crippen molar-refractivity contribution in [2.24, 2.45) is 5.92 Å². The lowest BCUT2D eigenvalue weighted by Crippen LogP contribution is -2.21. The Bertz CT molecular complexity index is 364. The molecule has 31 heavy (non-hydrogen) atoms. The summed E-state index contributed by atoms with van der Waals surface area (Å²) < 4.78 is 5.55. The fourth-order valence-corrected chi connectivity index (χ4v) is 4.46. The molecule has 2 heteroatoms. The van der Waals surface area contributed by atoms with Crippen molar-refractivity contribution in [2.45, 2.75) is 175 Å². The van der Waals surface area contributed by atoms with E-state index in [1.165, 1.54) is 128 Å². The molecule has 0 amide bonds. The minimum atomic E-state index is 0.00976. The Kier molecular flexibility index (Phi) is 23.7. The summed E-state index contributed by atoms with van der Waals surface area (Å²) in [6.45, 7) is 8.49. The first-order valence-corrected chi connectivity index (χ1v) is 14.3. The zero-order valence-electron chi connectivity index (χ0n) is 22.0. The van der Waals surface area contributed by atoms with E-state index in [1.807, 2.05) is 13.8 Å². The van der Waals surface area contributed by atoms with E-state index in [2.05, 4.69) is 13.8 Å². The average molecular weight is 439 g/mol. The molecule has 0 heterocycles. The number of carbonyl (C=O) groups excluding carboxylic acids is 1. The highest BCUT2D eigenvalue weighted by molar-refractivity contribution is 5.72. The Morgan fingerprint density at radius 3 is 1.10 bits per heavy atom. The number of hydrogen-bond donors (Lipinski definition) is 0. The molecule has 0 bridgehead atoms. The third kappa shape index (κ3) is 22.5. The van der Waals surface area contributed by atoms with Crippen LogP contribution in [0.2, 0.25) is 0 Å².